The SMILES string of the molecule is CCC1=NN=C(c2ccc(F)cc2)[C@@H](c2c[nH]c3ccccc23)N1O. The molecular formula is C19H17FN4O. The number of nitrogens with one attached hydrogen (secondary N) is 1. The molecule has 0 saturated carbocycles. The Morgan fingerprint density at radius 2 is 1.88 bits per heavy atom. The second-order valence-electron chi connectivity index (χ2n) is 5.90. The monoisotopic (exact) mass is 336 g/mol. The van der Waals surface area contributed by atoms with Crippen molar-refractivity contribution in [3.05, 3.63) is 71.7 Å². The molecule has 1 atom stereocenters. The van der Waals surface area contributed by atoms with Gasteiger partial charge in [-0.1, -0.05) is 37.3 Å². The zero-order valence-corrected chi connectivity index (χ0v) is 13.6. The molecule has 3 aromatic rings. The fraction of sp³-hybridized carbons (Fsp3) is 0.158. The molecule has 0 radical (unpaired) electrons. The van der Waals surface area contributed by atoms with Gasteiger partial charge < -0.3 is 4.98 Å². The number of benzene rings is 2. The van der Waals surface area contributed by atoms with Crippen LogP contribution in [0.2, 0.25) is 0 Å². The number of nitrogens with zero attached hydrogens (tertiary/aromatic N) is 3. The molecule has 1 aliphatic rings. The lowest BCUT2D eigenvalue weighted by Crippen LogP contribution is -2.39. The van der Waals surface area contributed by atoms with Gasteiger partial charge in [-0.2, -0.15) is 5.10 Å². The molecule has 25 heavy (non-hydrogen) atoms. The Hall–Kier alpha value is -2.99. The number of hydrogen-bond acceptors (Lipinski definition) is 4. The summed E-state index contributed by atoms with van der Waals surface area (Å²) < 4.78 is 13.3. The Bertz CT molecular complexity index is 975. The lowest BCUT2D eigenvalue weighted by atomic mass is 9.95. The molecule has 4 rings (SSSR count). The highest BCUT2D eigenvalue weighted by Gasteiger charge is 2.33. The number of hydrogen-bond donors (Lipinski definition) is 2. The summed E-state index contributed by atoms with van der Waals surface area (Å²) in [5, 5.41) is 21.4. The predicted molar refractivity (Wildman–Crippen MR) is 95.3 cm³/mol. The van der Waals surface area contributed by atoms with Gasteiger partial charge in [0.05, 0.1) is 0 Å². The molecule has 0 saturated heterocycles. The summed E-state index contributed by atoms with van der Waals surface area (Å²) >= 11 is 0. The highest BCUT2D eigenvalue weighted by Crippen LogP contribution is 2.33. The summed E-state index contributed by atoms with van der Waals surface area (Å²) in [4.78, 5) is 3.23. The maximum Gasteiger partial charge on any atom is 0.152 e. The average molecular weight is 336 g/mol. The first-order chi connectivity index (χ1) is 12.2. The standard InChI is InChI=1S/C19H17FN4O/c1-2-17-22-23-18(12-7-9-13(20)10-8-12)19(24(17)25)15-11-21-16-6-4-3-5-14(15)16/h3-11,19,21,25H,2H2,1H3/t19-/m1/s1. The molecule has 0 unspecified atom stereocenters. The van der Waals surface area contributed by atoms with E-state index in [2.05, 4.69) is 15.2 Å². The van der Waals surface area contributed by atoms with Crippen molar-refractivity contribution in [3.8, 4) is 0 Å². The first kappa shape index (κ1) is 15.5. The lowest BCUT2D eigenvalue weighted by Gasteiger charge is -2.31. The number of aromatic nitrogens is 1. The number of fused-ring (bicyclic) bond motifs is 1. The first-order valence-electron chi connectivity index (χ1n) is 8.13. The molecule has 0 fully saturated rings. The quantitative estimate of drug-likeness (QED) is 0.750. The van der Waals surface area contributed by atoms with E-state index in [0.717, 1.165) is 27.1 Å². The summed E-state index contributed by atoms with van der Waals surface area (Å²) in [5.74, 6) is 0.170. The van der Waals surface area contributed by atoms with Crippen molar-refractivity contribution in [2.75, 3.05) is 0 Å². The molecule has 0 aliphatic carbocycles. The van der Waals surface area contributed by atoms with Crippen LogP contribution in [0.25, 0.3) is 10.9 Å². The van der Waals surface area contributed by atoms with Crippen LogP contribution in [0, 0.1) is 5.82 Å². The van der Waals surface area contributed by atoms with E-state index in [1.807, 2.05) is 37.4 Å². The number of halogens is 1. The fourth-order valence-corrected chi connectivity index (χ4v) is 3.15. The number of amidine groups is 1. The number of para-hydroxylation sites is 1. The van der Waals surface area contributed by atoms with E-state index in [4.69, 9.17) is 0 Å². The summed E-state index contributed by atoms with van der Waals surface area (Å²) in [6.07, 6.45) is 2.42. The second kappa shape index (κ2) is 6.14. The van der Waals surface area contributed by atoms with Crippen molar-refractivity contribution < 1.29 is 9.60 Å². The van der Waals surface area contributed by atoms with Gasteiger partial charge in [-0.15, -0.1) is 5.10 Å². The van der Waals surface area contributed by atoms with E-state index in [-0.39, 0.29) is 5.82 Å². The van der Waals surface area contributed by atoms with Gasteiger partial charge in [-0.25, -0.2) is 9.45 Å². The van der Waals surface area contributed by atoms with Crippen LogP contribution in [0.3, 0.4) is 0 Å². The van der Waals surface area contributed by atoms with Crippen molar-refractivity contribution in [3.63, 3.8) is 0 Å². The lowest BCUT2D eigenvalue weighted by molar-refractivity contribution is -0.0371. The highest BCUT2D eigenvalue weighted by atomic mass is 19.1. The van der Waals surface area contributed by atoms with E-state index < -0.39 is 6.04 Å². The molecule has 5 nitrogen and oxygen atoms in total. The Morgan fingerprint density at radius 1 is 1.12 bits per heavy atom. The third kappa shape index (κ3) is 2.60. The number of rotatable bonds is 3. The Labute approximate surface area is 144 Å². The van der Waals surface area contributed by atoms with Crippen LogP contribution in [-0.4, -0.2) is 26.8 Å². The molecule has 1 aliphatic heterocycles. The third-order valence-corrected chi connectivity index (χ3v) is 4.41. The van der Waals surface area contributed by atoms with Crippen LogP contribution in [0.4, 0.5) is 4.39 Å². The molecule has 0 spiro atoms. The van der Waals surface area contributed by atoms with Gasteiger partial charge in [0.15, 0.2) is 5.84 Å². The van der Waals surface area contributed by atoms with Crippen molar-refractivity contribution in [2.24, 2.45) is 10.2 Å². The number of H-pyrrole nitrogens is 1. The van der Waals surface area contributed by atoms with Crippen molar-refractivity contribution >= 4 is 22.5 Å². The normalized spacial score (nSPS) is 17.6. The van der Waals surface area contributed by atoms with Crippen LogP contribution in [0.5, 0.6) is 0 Å². The van der Waals surface area contributed by atoms with Gasteiger partial charge >= 0.3 is 0 Å². The minimum atomic E-state index is -0.519. The first-order valence-corrected chi connectivity index (χ1v) is 8.13. The van der Waals surface area contributed by atoms with Gasteiger partial charge in [0.2, 0.25) is 0 Å². The molecule has 0 amide bonds. The van der Waals surface area contributed by atoms with Gasteiger partial charge in [0.25, 0.3) is 0 Å². The van der Waals surface area contributed by atoms with Crippen molar-refractivity contribution in [1.29, 1.82) is 0 Å². The molecule has 2 heterocycles. The second-order valence-corrected chi connectivity index (χ2v) is 5.90. The maximum absolute atomic E-state index is 13.3. The highest BCUT2D eigenvalue weighted by molar-refractivity contribution is 6.09. The molecule has 2 aromatic carbocycles. The van der Waals surface area contributed by atoms with Gasteiger partial charge in [-0.3, -0.25) is 5.21 Å². The molecule has 0 bridgehead atoms. The van der Waals surface area contributed by atoms with E-state index in [9.17, 15) is 9.60 Å². The maximum atomic E-state index is 13.3. The Balaban J connectivity index is 1.88. The third-order valence-electron chi connectivity index (χ3n) is 4.41. The fourth-order valence-electron chi connectivity index (χ4n) is 3.15. The summed E-state index contributed by atoms with van der Waals surface area (Å²) in [6.45, 7) is 1.91. The number of hydroxylamine groups is 2. The van der Waals surface area contributed by atoms with E-state index in [1.54, 1.807) is 12.1 Å². The van der Waals surface area contributed by atoms with Gasteiger partial charge in [-0.05, 0) is 18.2 Å². The van der Waals surface area contributed by atoms with Crippen molar-refractivity contribution in [1.82, 2.24) is 10.0 Å². The van der Waals surface area contributed by atoms with Crippen LogP contribution >= 0.6 is 0 Å². The molecule has 2 N–H and O–H groups in total. The van der Waals surface area contributed by atoms with Crippen LogP contribution in [0.1, 0.15) is 30.5 Å². The van der Waals surface area contributed by atoms with E-state index >= 15 is 0 Å². The van der Waals surface area contributed by atoms with Gasteiger partial charge in [0, 0.05) is 34.6 Å². The molecule has 1 aromatic heterocycles. The predicted octanol–water partition coefficient (Wildman–Crippen LogP) is 4.27. The van der Waals surface area contributed by atoms with Crippen molar-refractivity contribution in [2.45, 2.75) is 19.4 Å². The smallest absolute Gasteiger partial charge is 0.152 e. The Kier molecular flexibility index (Phi) is 3.82. The number of aromatic amines is 1. The van der Waals surface area contributed by atoms with E-state index in [0.29, 0.717) is 18.0 Å². The zero-order chi connectivity index (χ0) is 17.4. The van der Waals surface area contributed by atoms with E-state index in [1.165, 1.54) is 12.1 Å². The molecular weight excluding hydrogens is 319 g/mol. The molecule has 6 heteroatoms. The summed E-state index contributed by atoms with van der Waals surface area (Å²) in [5.41, 5.74) is 3.16. The van der Waals surface area contributed by atoms with Crippen LogP contribution in [0.15, 0.2) is 64.9 Å². The topological polar surface area (TPSA) is 64.0 Å². The largest absolute Gasteiger partial charge is 0.361 e. The van der Waals surface area contributed by atoms with Crippen LogP contribution in [-0.2, 0) is 0 Å². The molecule has 126 valence electrons. The zero-order valence-electron chi connectivity index (χ0n) is 13.6. The average Bonchev–Trinajstić information content (AvgIpc) is 3.06. The minimum absolute atomic E-state index is 0.317. The minimum Gasteiger partial charge on any atom is -0.361 e. The Morgan fingerprint density at radius 3 is 2.64 bits per heavy atom. The van der Waals surface area contributed by atoms with Crippen LogP contribution < -0.4 is 0 Å². The van der Waals surface area contributed by atoms with Gasteiger partial charge in [0.1, 0.15) is 17.6 Å². The summed E-state index contributed by atoms with van der Waals surface area (Å²) in [6, 6.07) is 13.4. The summed E-state index contributed by atoms with van der Waals surface area (Å²) in [7, 11) is 0.